The number of ketones is 1. The molecule has 0 radical (unpaired) electrons. The van der Waals surface area contributed by atoms with Crippen LogP contribution in [0.15, 0.2) is 0 Å². The average Bonchev–Trinajstić information content (AvgIpc) is 3.03. The Morgan fingerprint density at radius 3 is 2.62 bits per heavy atom. The van der Waals surface area contributed by atoms with Crippen molar-refractivity contribution in [1.82, 2.24) is 4.90 Å². The van der Waals surface area contributed by atoms with Gasteiger partial charge in [-0.15, -0.1) is 0 Å². The molecular formula is C12H19NO3. The van der Waals surface area contributed by atoms with E-state index in [1.807, 2.05) is 0 Å². The average molecular weight is 231 g/mol. The van der Waals surface area contributed by atoms with Crippen LogP contribution in [0.5, 0.6) is 0 Å². The largest absolute Gasteiger partial charge is 0.444 e. The smallest absolute Gasteiger partial charge is 0.410 e. The van der Waals surface area contributed by atoms with E-state index in [1.54, 1.807) is 0 Å². The number of carbonyl (C=O) groups excluding carboxylic acids is 2. The van der Waals surface area contributed by atoms with E-state index in [-0.39, 0.29) is 17.7 Å². The van der Waals surface area contributed by atoms with Crippen LogP contribution in [0.1, 0.15) is 48.2 Å². The van der Waals surface area contributed by atoms with Crippen LogP contribution in [-0.4, -0.2) is 35.4 Å². The van der Waals surface area contributed by atoms with E-state index in [4.69, 9.17) is 13.0 Å². The molecule has 0 bridgehead atoms. The Morgan fingerprint density at radius 2 is 2.12 bits per heavy atom. The zero-order valence-corrected chi connectivity index (χ0v) is 9.59. The molecule has 0 N–H and O–H groups in total. The van der Waals surface area contributed by atoms with Crippen LogP contribution in [0.2, 0.25) is 0 Å². The van der Waals surface area contributed by atoms with Crippen LogP contribution >= 0.6 is 0 Å². The van der Waals surface area contributed by atoms with Crippen molar-refractivity contribution in [2.75, 3.05) is 13.0 Å². The number of amides is 1. The predicted octanol–water partition coefficient (Wildman–Crippen LogP) is 1.98. The summed E-state index contributed by atoms with van der Waals surface area (Å²) in [5.41, 5.74) is -2.70. The Labute approximate surface area is 104 Å². The van der Waals surface area contributed by atoms with Gasteiger partial charge in [0, 0.05) is 30.3 Å². The molecule has 16 heavy (non-hydrogen) atoms. The second kappa shape index (κ2) is 3.47. The van der Waals surface area contributed by atoms with E-state index in [0.717, 1.165) is 0 Å². The van der Waals surface area contributed by atoms with Gasteiger partial charge >= 0.3 is 6.09 Å². The van der Waals surface area contributed by atoms with Crippen molar-refractivity contribution < 1.29 is 22.6 Å². The van der Waals surface area contributed by atoms with E-state index >= 15 is 0 Å². The number of Topliss-reactive ketones (excluding diaryl/α,β-unsaturated/α-hetero) is 1. The summed E-state index contributed by atoms with van der Waals surface area (Å²) < 4.78 is 52.6. The molecule has 0 aromatic carbocycles. The van der Waals surface area contributed by atoms with Crippen molar-refractivity contribution in [1.29, 1.82) is 0 Å². The van der Waals surface area contributed by atoms with Crippen LogP contribution in [0.3, 0.4) is 0 Å². The van der Waals surface area contributed by atoms with E-state index < -0.39 is 42.3 Å². The molecule has 1 aliphatic carbocycles. The first-order valence-electron chi connectivity index (χ1n) is 8.19. The maximum atomic E-state index is 12.3. The Hall–Kier alpha value is -1.06. The highest BCUT2D eigenvalue weighted by molar-refractivity contribution is 5.89. The first-order valence-corrected chi connectivity index (χ1v) is 5.19. The minimum absolute atomic E-state index is 0.0771. The summed E-state index contributed by atoms with van der Waals surface area (Å²) in [5, 5.41) is 0. The summed E-state index contributed by atoms with van der Waals surface area (Å²) in [6, 6.07) is 0. The Morgan fingerprint density at radius 1 is 1.50 bits per heavy atom. The van der Waals surface area contributed by atoms with Gasteiger partial charge in [0.25, 0.3) is 0 Å². The number of carbonyl (C=O) groups is 2. The van der Waals surface area contributed by atoms with Gasteiger partial charge in [0.05, 0.1) is 2.74 Å². The third-order valence-corrected chi connectivity index (χ3v) is 2.37. The Bertz CT molecular complexity index is 515. The van der Waals surface area contributed by atoms with Crippen LogP contribution < -0.4 is 0 Å². The van der Waals surface area contributed by atoms with Gasteiger partial charge in [0.15, 0.2) is 0 Å². The SMILES string of the molecule is [2H]C1([2H])C(=O)C2(CC2)C([2H])([2H])N(C(=O)OC(C)(C)C)C1([2H])[2H]. The minimum atomic E-state index is -3.15. The zero-order chi connectivity index (χ0) is 17.4. The van der Waals surface area contributed by atoms with Gasteiger partial charge in [-0.1, -0.05) is 0 Å². The van der Waals surface area contributed by atoms with Crippen molar-refractivity contribution in [3.63, 3.8) is 0 Å². The molecule has 4 nitrogen and oxygen atoms in total. The molecule has 2 aliphatic rings. The maximum Gasteiger partial charge on any atom is 0.410 e. The van der Waals surface area contributed by atoms with Gasteiger partial charge in [-0.25, -0.2) is 4.79 Å². The summed E-state index contributed by atoms with van der Waals surface area (Å²) in [4.78, 5) is 24.7. The number of likely N-dealkylation sites (tertiary alicyclic amines) is 1. The lowest BCUT2D eigenvalue weighted by Crippen LogP contribution is -2.47. The zero-order valence-electron chi connectivity index (χ0n) is 15.6. The molecule has 4 heteroatoms. The lowest BCUT2D eigenvalue weighted by atomic mass is 9.94. The van der Waals surface area contributed by atoms with E-state index in [0.29, 0.717) is 0 Å². The van der Waals surface area contributed by atoms with Crippen LogP contribution in [0.25, 0.3) is 0 Å². The second-order valence-corrected chi connectivity index (χ2v) is 5.08. The summed E-state index contributed by atoms with van der Waals surface area (Å²) in [6.45, 7) is -1.20. The summed E-state index contributed by atoms with van der Waals surface area (Å²) >= 11 is 0. The van der Waals surface area contributed by atoms with Gasteiger partial charge in [0.1, 0.15) is 11.4 Å². The van der Waals surface area contributed by atoms with Gasteiger partial charge in [-0.3, -0.25) is 4.79 Å². The molecule has 0 aromatic heterocycles. The first kappa shape index (κ1) is 6.03. The lowest BCUT2D eigenvalue weighted by molar-refractivity contribution is -0.127. The fourth-order valence-electron chi connectivity index (χ4n) is 1.38. The molecule has 1 saturated carbocycles. The highest BCUT2D eigenvalue weighted by Gasteiger charge is 2.53. The molecule has 1 saturated heterocycles. The van der Waals surface area contributed by atoms with Crippen molar-refractivity contribution >= 4 is 11.9 Å². The van der Waals surface area contributed by atoms with E-state index in [9.17, 15) is 9.59 Å². The minimum Gasteiger partial charge on any atom is -0.444 e. The number of rotatable bonds is 0. The monoisotopic (exact) mass is 231 g/mol. The fraction of sp³-hybridized carbons (Fsp3) is 0.833. The summed E-state index contributed by atoms with van der Waals surface area (Å²) in [7, 11) is 0. The number of ether oxygens (including phenoxy) is 1. The molecule has 1 amide bonds. The number of nitrogens with zero attached hydrogens (tertiary/aromatic N) is 1. The third-order valence-electron chi connectivity index (χ3n) is 2.37. The third kappa shape index (κ3) is 2.20. The molecule has 1 aliphatic heterocycles. The van der Waals surface area contributed by atoms with Crippen molar-refractivity contribution in [2.24, 2.45) is 5.41 Å². The van der Waals surface area contributed by atoms with Crippen molar-refractivity contribution in [2.45, 2.75) is 45.6 Å². The molecule has 0 atom stereocenters. The Kier molecular flexibility index (Phi) is 1.31. The molecule has 2 rings (SSSR count). The second-order valence-electron chi connectivity index (χ2n) is 5.08. The number of hydrogen-bond donors (Lipinski definition) is 0. The Balaban J connectivity index is 2.54. The van der Waals surface area contributed by atoms with Crippen molar-refractivity contribution in [3.8, 4) is 0 Å². The van der Waals surface area contributed by atoms with Gasteiger partial charge in [0.2, 0.25) is 0 Å². The standard InChI is InChI=1S/C12H19NO3/c1-11(2,3)16-10(15)13-7-4-9(14)12(8-13)5-6-12/h4-8H2,1-3H3/i4D2,7D2,8D2. The molecule has 0 aromatic rings. The summed E-state index contributed by atoms with van der Waals surface area (Å²) in [6.07, 6.45) is -4.17. The summed E-state index contributed by atoms with van der Waals surface area (Å²) in [5.74, 6) is -1.13. The normalized spacial score (nSPS) is 38.4. The molecule has 2 fully saturated rings. The number of piperidine rings is 1. The highest BCUT2D eigenvalue weighted by atomic mass is 16.6. The lowest BCUT2D eigenvalue weighted by Gasteiger charge is -2.33. The van der Waals surface area contributed by atoms with Crippen LogP contribution in [-0.2, 0) is 9.53 Å². The van der Waals surface area contributed by atoms with Gasteiger partial charge < -0.3 is 9.64 Å². The number of hydrogen-bond acceptors (Lipinski definition) is 3. The predicted molar refractivity (Wildman–Crippen MR) is 59.1 cm³/mol. The molecule has 90 valence electrons. The van der Waals surface area contributed by atoms with E-state index in [2.05, 4.69) is 0 Å². The topological polar surface area (TPSA) is 46.6 Å². The van der Waals surface area contributed by atoms with Crippen LogP contribution in [0.4, 0.5) is 4.79 Å². The van der Waals surface area contributed by atoms with Crippen molar-refractivity contribution in [3.05, 3.63) is 0 Å². The quantitative estimate of drug-likeness (QED) is 0.640. The van der Waals surface area contributed by atoms with Crippen LogP contribution in [0, 0.1) is 5.41 Å². The van der Waals surface area contributed by atoms with E-state index in [1.165, 1.54) is 20.8 Å². The van der Waals surface area contributed by atoms with Gasteiger partial charge in [-0.2, -0.15) is 0 Å². The highest BCUT2D eigenvalue weighted by Crippen LogP contribution is 2.49. The molecule has 1 spiro atoms. The fourth-order valence-corrected chi connectivity index (χ4v) is 1.38. The molecule has 0 unspecified atom stereocenters. The van der Waals surface area contributed by atoms with Gasteiger partial charge in [-0.05, 0) is 33.6 Å². The maximum absolute atomic E-state index is 12.3. The first-order chi connectivity index (χ1) is 9.61. The molecular weight excluding hydrogens is 206 g/mol. The molecule has 1 heterocycles.